The largest absolute Gasteiger partial charge is 0.368 e. The second-order valence-electron chi connectivity index (χ2n) is 5.22. The first-order chi connectivity index (χ1) is 7.04. The van der Waals surface area contributed by atoms with E-state index in [1.807, 2.05) is 0 Å². The summed E-state index contributed by atoms with van der Waals surface area (Å²) in [4.78, 5) is 7.94. The fourth-order valence-corrected chi connectivity index (χ4v) is 1.87. The molecule has 0 aliphatic heterocycles. The second kappa shape index (κ2) is 3.97. The minimum atomic E-state index is -0.0900. The molecule has 0 atom stereocenters. The lowest BCUT2D eigenvalue weighted by molar-refractivity contribution is -0.0179. The zero-order chi connectivity index (χ0) is 10.9. The van der Waals surface area contributed by atoms with Gasteiger partial charge in [0, 0.05) is 5.69 Å². The van der Waals surface area contributed by atoms with E-state index in [0.29, 0.717) is 6.61 Å². The molecule has 0 fully saturated rings. The molecule has 1 aromatic heterocycles. The van der Waals surface area contributed by atoms with Gasteiger partial charge in [0.05, 0.1) is 11.3 Å². The van der Waals surface area contributed by atoms with Crippen molar-refractivity contribution >= 4 is 0 Å². The molecule has 1 aliphatic carbocycles. The third kappa shape index (κ3) is 2.81. The molecular weight excluding hydrogens is 188 g/mol. The van der Waals surface area contributed by atoms with Gasteiger partial charge < -0.3 is 9.72 Å². The minimum Gasteiger partial charge on any atom is -0.368 e. The van der Waals surface area contributed by atoms with E-state index in [2.05, 4.69) is 30.7 Å². The molecule has 1 heterocycles. The van der Waals surface area contributed by atoms with Crippen LogP contribution in [0.5, 0.6) is 0 Å². The Balaban J connectivity index is 2.01. The van der Waals surface area contributed by atoms with Crippen molar-refractivity contribution in [1.82, 2.24) is 9.97 Å². The number of aromatic amines is 1. The van der Waals surface area contributed by atoms with Gasteiger partial charge in [0.1, 0.15) is 12.4 Å². The summed E-state index contributed by atoms with van der Waals surface area (Å²) < 4.78 is 5.70. The van der Waals surface area contributed by atoms with E-state index in [4.69, 9.17) is 4.74 Å². The number of hydrogen-bond acceptors (Lipinski definition) is 2. The highest BCUT2D eigenvalue weighted by Gasteiger charge is 2.16. The summed E-state index contributed by atoms with van der Waals surface area (Å²) in [7, 11) is 0. The summed E-state index contributed by atoms with van der Waals surface area (Å²) in [6.07, 6.45) is 4.84. The highest BCUT2D eigenvalue weighted by molar-refractivity contribution is 5.17. The number of nitrogens with one attached hydrogen (secondary N) is 1. The summed E-state index contributed by atoms with van der Waals surface area (Å²) in [5, 5.41) is 0. The normalized spacial score (nSPS) is 16.5. The monoisotopic (exact) mass is 208 g/mol. The van der Waals surface area contributed by atoms with Crippen molar-refractivity contribution in [2.75, 3.05) is 0 Å². The molecular formula is C12H20N2O. The van der Waals surface area contributed by atoms with Gasteiger partial charge in [0.15, 0.2) is 0 Å². The van der Waals surface area contributed by atoms with Gasteiger partial charge in [-0.15, -0.1) is 0 Å². The predicted octanol–water partition coefficient (Wildman–Crippen LogP) is 2.60. The van der Waals surface area contributed by atoms with Crippen molar-refractivity contribution in [3.8, 4) is 0 Å². The Labute approximate surface area is 91.3 Å². The van der Waals surface area contributed by atoms with Gasteiger partial charge in [-0.2, -0.15) is 0 Å². The smallest absolute Gasteiger partial charge is 0.132 e. The third-order valence-corrected chi connectivity index (χ3v) is 2.65. The van der Waals surface area contributed by atoms with Crippen LogP contribution in [0.3, 0.4) is 0 Å². The Kier molecular flexibility index (Phi) is 2.83. The van der Waals surface area contributed by atoms with Gasteiger partial charge in [0.25, 0.3) is 0 Å². The average Bonchev–Trinajstić information content (AvgIpc) is 2.56. The van der Waals surface area contributed by atoms with Crippen LogP contribution in [0, 0.1) is 0 Å². The lowest BCUT2D eigenvalue weighted by Gasteiger charge is -2.18. The van der Waals surface area contributed by atoms with Gasteiger partial charge in [0.2, 0.25) is 0 Å². The van der Waals surface area contributed by atoms with Crippen molar-refractivity contribution < 1.29 is 4.74 Å². The molecule has 0 saturated carbocycles. The van der Waals surface area contributed by atoms with E-state index in [0.717, 1.165) is 18.7 Å². The fourth-order valence-electron chi connectivity index (χ4n) is 1.87. The minimum absolute atomic E-state index is 0.0900. The number of aromatic nitrogens is 2. The second-order valence-corrected chi connectivity index (χ2v) is 5.22. The summed E-state index contributed by atoms with van der Waals surface area (Å²) in [6.45, 7) is 6.79. The number of fused-ring (bicyclic) bond motifs is 1. The standard InChI is InChI=1S/C12H20N2O/c1-12(2,3)15-8-11-13-9-6-4-5-7-10(9)14-11/h4-8H2,1-3H3,(H,13,14). The van der Waals surface area contributed by atoms with Crippen molar-refractivity contribution in [3.05, 3.63) is 17.2 Å². The maximum Gasteiger partial charge on any atom is 0.132 e. The van der Waals surface area contributed by atoms with Crippen LogP contribution in [-0.2, 0) is 24.2 Å². The maximum absolute atomic E-state index is 5.70. The lowest BCUT2D eigenvalue weighted by atomic mass is 10.0. The molecule has 0 radical (unpaired) electrons. The first kappa shape index (κ1) is 10.7. The van der Waals surface area contributed by atoms with Crippen molar-refractivity contribution in [2.24, 2.45) is 0 Å². The van der Waals surface area contributed by atoms with Gasteiger partial charge in [-0.05, 0) is 46.5 Å². The summed E-state index contributed by atoms with van der Waals surface area (Å²) in [6, 6.07) is 0. The van der Waals surface area contributed by atoms with Crippen LogP contribution in [0.15, 0.2) is 0 Å². The van der Waals surface area contributed by atoms with Crippen LogP contribution < -0.4 is 0 Å². The molecule has 1 N–H and O–H groups in total. The maximum atomic E-state index is 5.70. The SMILES string of the molecule is CC(C)(C)OCc1nc2c([nH]1)CCCC2. The molecule has 0 amide bonds. The van der Waals surface area contributed by atoms with Crippen LogP contribution in [-0.4, -0.2) is 15.6 Å². The molecule has 0 aromatic carbocycles. The number of aryl methyl sites for hydroxylation is 2. The predicted molar refractivity (Wildman–Crippen MR) is 59.8 cm³/mol. The fraction of sp³-hybridized carbons (Fsp3) is 0.750. The van der Waals surface area contributed by atoms with E-state index >= 15 is 0 Å². The average molecular weight is 208 g/mol. The van der Waals surface area contributed by atoms with Crippen molar-refractivity contribution in [1.29, 1.82) is 0 Å². The molecule has 1 aromatic rings. The Hall–Kier alpha value is -0.830. The number of imidazole rings is 1. The number of ether oxygens (including phenoxy) is 1. The molecule has 3 nitrogen and oxygen atoms in total. The van der Waals surface area contributed by atoms with E-state index in [9.17, 15) is 0 Å². The Bertz CT molecular complexity index is 312. The van der Waals surface area contributed by atoms with Gasteiger partial charge >= 0.3 is 0 Å². The lowest BCUT2D eigenvalue weighted by Crippen LogP contribution is -2.19. The zero-order valence-corrected chi connectivity index (χ0v) is 9.89. The number of rotatable bonds is 2. The molecule has 84 valence electrons. The molecule has 0 bridgehead atoms. The van der Waals surface area contributed by atoms with Crippen molar-refractivity contribution in [2.45, 2.75) is 58.7 Å². The highest BCUT2D eigenvalue weighted by Crippen LogP contribution is 2.19. The first-order valence-corrected chi connectivity index (χ1v) is 5.75. The number of H-pyrrole nitrogens is 1. The van der Waals surface area contributed by atoms with E-state index in [1.54, 1.807) is 0 Å². The van der Waals surface area contributed by atoms with Crippen LogP contribution >= 0.6 is 0 Å². The topological polar surface area (TPSA) is 37.9 Å². The van der Waals surface area contributed by atoms with Crippen LogP contribution in [0.4, 0.5) is 0 Å². The molecule has 15 heavy (non-hydrogen) atoms. The molecule has 0 saturated heterocycles. The van der Waals surface area contributed by atoms with E-state index < -0.39 is 0 Å². The summed E-state index contributed by atoms with van der Waals surface area (Å²) >= 11 is 0. The van der Waals surface area contributed by atoms with E-state index in [1.165, 1.54) is 24.2 Å². The first-order valence-electron chi connectivity index (χ1n) is 5.75. The quantitative estimate of drug-likeness (QED) is 0.811. The number of hydrogen-bond donors (Lipinski definition) is 1. The van der Waals surface area contributed by atoms with E-state index in [-0.39, 0.29) is 5.60 Å². The molecule has 2 rings (SSSR count). The van der Waals surface area contributed by atoms with Gasteiger partial charge in [-0.3, -0.25) is 0 Å². The van der Waals surface area contributed by atoms with Gasteiger partial charge in [-0.25, -0.2) is 4.98 Å². The summed E-state index contributed by atoms with van der Waals surface area (Å²) in [5.41, 5.74) is 2.50. The molecule has 3 heteroatoms. The Morgan fingerprint density at radius 3 is 2.67 bits per heavy atom. The Morgan fingerprint density at radius 1 is 1.27 bits per heavy atom. The third-order valence-electron chi connectivity index (χ3n) is 2.65. The van der Waals surface area contributed by atoms with Gasteiger partial charge in [-0.1, -0.05) is 0 Å². The molecule has 0 unspecified atom stereocenters. The Morgan fingerprint density at radius 2 is 2.00 bits per heavy atom. The molecule has 0 spiro atoms. The van der Waals surface area contributed by atoms with Crippen LogP contribution in [0.2, 0.25) is 0 Å². The number of nitrogens with zero attached hydrogens (tertiary/aromatic N) is 1. The zero-order valence-electron chi connectivity index (χ0n) is 9.89. The van der Waals surface area contributed by atoms with Crippen LogP contribution in [0.1, 0.15) is 50.8 Å². The highest BCUT2D eigenvalue weighted by atomic mass is 16.5. The van der Waals surface area contributed by atoms with Crippen molar-refractivity contribution in [3.63, 3.8) is 0 Å². The summed E-state index contributed by atoms with van der Waals surface area (Å²) in [5.74, 6) is 0.983. The van der Waals surface area contributed by atoms with Crippen LogP contribution in [0.25, 0.3) is 0 Å². The molecule has 1 aliphatic rings.